The Kier molecular flexibility index (Phi) is 8.76. The summed E-state index contributed by atoms with van der Waals surface area (Å²) in [6.45, 7) is 8.54. The molecule has 3 rings (SSSR count). The number of aliphatic hydroxyl groups is 1. The van der Waals surface area contributed by atoms with E-state index < -0.39 is 23.8 Å². The number of aliphatic hydroxyl groups excluding tert-OH is 1. The minimum Gasteiger partial charge on any atom is -0.390 e. The van der Waals surface area contributed by atoms with Crippen LogP contribution in [0.4, 0.5) is 8.78 Å². The van der Waals surface area contributed by atoms with Gasteiger partial charge in [0.2, 0.25) is 5.91 Å². The third kappa shape index (κ3) is 7.70. The molecule has 0 fully saturated rings. The predicted molar refractivity (Wildman–Crippen MR) is 136 cm³/mol. The fourth-order valence-corrected chi connectivity index (χ4v) is 4.13. The highest BCUT2D eigenvalue weighted by molar-refractivity contribution is 5.73. The van der Waals surface area contributed by atoms with Crippen LogP contribution in [0.5, 0.6) is 0 Å². The van der Waals surface area contributed by atoms with Gasteiger partial charge in [0, 0.05) is 26.1 Å². The van der Waals surface area contributed by atoms with E-state index in [1.54, 1.807) is 0 Å². The van der Waals surface area contributed by atoms with Gasteiger partial charge in [-0.25, -0.2) is 8.78 Å². The maximum Gasteiger partial charge on any atom is 0.217 e. The lowest BCUT2D eigenvalue weighted by atomic mass is 9.84. The van der Waals surface area contributed by atoms with E-state index in [9.17, 15) is 18.7 Å². The van der Waals surface area contributed by atoms with Crippen LogP contribution in [-0.2, 0) is 23.2 Å². The first-order valence-electron chi connectivity index (χ1n) is 11.8. The fourth-order valence-electron chi connectivity index (χ4n) is 4.13. The molecule has 0 aromatic heterocycles. The zero-order valence-electron chi connectivity index (χ0n) is 20.7. The van der Waals surface area contributed by atoms with Crippen LogP contribution in [0.15, 0.2) is 66.7 Å². The molecule has 0 radical (unpaired) electrons. The maximum absolute atomic E-state index is 13.6. The van der Waals surface area contributed by atoms with Crippen molar-refractivity contribution in [2.45, 2.75) is 58.2 Å². The predicted octanol–water partition coefficient (Wildman–Crippen LogP) is 5.13. The minimum atomic E-state index is -0.962. The lowest BCUT2D eigenvalue weighted by Crippen LogP contribution is -2.48. The Balaban J connectivity index is 1.75. The molecule has 186 valence electrons. The zero-order valence-corrected chi connectivity index (χ0v) is 20.7. The number of halogens is 2. The molecule has 2 atom stereocenters. The lowest BCUT2D eigenvalue weighted by molar-refractivity contribution is -0.120. The molecule has 0 saturated heterocycles. The van der Waals surface area contributed by atoms with Gasteiger partial charge in [0.05, 0.1) is 12.1 Å². The van der Waals surface area contributed by atoms with Crippen LogP contribution in [-0.4, -0.2) is 29.7 Å². The van der Waals surface area contributed by atoms with Gasteiger partial charge in [-0.15, -0.1) is 0 Å². The molecule has 0 heterocycles. The highest BCUT2D eigenvalue weighted by Gasteiger charge is 2.22. The Morgan fingerprint density at radius 2 is 1.63 bits per heavy atom. The van der Waals surface area contributed by atoms with Gasteiger partial charge < -0.3 is 15.7 Å². The van der Waals surface area contributed by atoms with Crippen LogP contribution in [0.1, 0.15) is 44.4 Å². The van der Waals surface area contributed by atoms with Crippen molar-refractivity contribution in [3.63, 3.8) is 0 Å². The Labute approximate surface area is 206 Å². The second kappa shape index (κ2) is 11.6. The first kappa shape index (κ1) is 26.5. The third-order valence-corrected chi connectivity index (χ3v) is 5.96. The van der Waals surface area contributed by atoms with E-state index in [-0.39, 0.29) is 24.3 Å². The Morgan fingerprint density at radius 3 is 2.23 bits per heavy atom. The van der Waals surface area contributed by atoms with E-state index >= 15 is 0 Å². The number of amides is 1. The van der Waals surface area contributed by atoms with E-state index in [4.69, 9.17) is 0 Å². The number of carbonyl (C=O) groups excluding carboxylic acids is 1. The van der Waals surface area contributed by atoms with E-state index in [0.29, 0.717) is 12.1 Å². The van der Waals surface area contributed by atoms with Gasteiger partial charge >= 0.3 is 0 Å². The molecular weight excluding hydrogens is 446 g/mol. The Hall–Kier alpha value is -3.09. The van der Waals surface area contributed by atoms with Gasteiger partial charge in [0.15, 0.2) is 0 Å². The molecule has 35 heavy (non-hydrogen) atoms. The first-order chi connectivity index (χ1) is 16.5. The topological polar surface area (TPSA) is 61.4 Å². The normalized spacial score (nSPS) is 13.3. The maximum atomic E-state index is 13.6. The number of hydrogen-bond donors (Lipinski definition) is 3. The molecule has 4 nitrogen and oxygen atoms in total. The van der Waals surface area contributed by atoms with E-state index in [1.165, 1.54) is 24.6 Å². The summed E-state index contributed by atoms with van der Waals surface area (Å²) in [6, 6.07) is 19.1. The molecule has 0 aliphatic rings. The number of nitrogens with one attached hydrogen (secondary N) is 2. The van der Waals surface area contributed by atoms with Gasteiger partial charge in [-0.3, -0.25) is 4.79 Å². The highest BCUT2D eigenvalue weighted by atomic mass is 19.1. The molecular formula is C29H34F2N2O2. The van der Waals surface area contributed by atoms with Crippen molar-refractivity contribution in [1.29, 1.82) is 0 Å². The summed E-state index contributed by atoms with van der Waals surface area (Å²) in [5.74, 6) is -1.71. The van der Waals surface area contributed by atoms with Crippen molar-refractivity contribution in [3.8, 4) is 11.1 Å². The van der Waals surface area contributed by atoms with Crippen molar-refractivity contribution in [3.05, 3.63) is 95.1 Å². The van der Waals surface area contributed by atoms with Crippen molar-refractivity contribution in [1.82, 2.24) is 10.6 Å². The van der Waals surface area contributed by atoms with Gasteiger partial charge in [-0.2, -0.15) is 0 Å². The summed E-state index contributed by atoms with van der Waals surface area (Å²) < 4.78 is 27.2. The van der Waals surface area contributed by atoms with Crippen LogP contribution in [0.2, 0.25) is 0 Å². The van der Waals surface area contributed by atoms with Gasteiger partial charge in [-0.1, -0.05) is 69.3 Å². The average Bonchev–Trinajstić information content (AvgIpc) is 2.77. The second-order valence-electron chi connectivity index (χ2n) is 9.98. The highest BCUT2D eigenvalue weighted by Crippen LogP contribution is 2.30. The van der Waals surface area contributed by atoms with Crippen LogP contribution >= 0.6 is 0 Å². The molecule has 0 saturated carbocycles. The molecule has 3 N–H and O–H groups in total. The summed E-state index contributed by atoms with van der Waals surface area (Å²) in [6.07, 6.45) is -0.859. The summed E-state index contributed by atoms with van der Waals surface area (Å²) in [7, 11) is 0. The molecule has 0 spiro atoms. The van der Waals surface area contributed by atoms with Crippen molar-refractivity contribution < 1.29 is 18.7 Å². The lowest BCUT2D eigenvalue weighted by Gasteiger charge is -2.25. The number of benzene rings is 3. The standard InChI is InChI=1S/C29H34F2N2O2/c1-19(34)33-27(14-20-12-24(30)16-25(31)13-20)28(35)18-32-17-22-15-23(29(2,3)4)10-11-26(22)21-8-6-5-7-9-21/h5-13,15-16,27-28,32,35H,14,17-18H2,1-4H3,(H,33,34)/t27-,28+/m0/s1. The van der Waals surface area contributed by atoms with Crippen LogP contribution in [0, 0.1) is 11.6 Å². The Bertz CT molecular complexity index is 1120. The first-order valence-corrected chi connectivity index (χ1v) is 11.8. The molecule has 0 aliphatic heterocycles. The molecule has 3 aromatic rings. The summed E-state index contributed by atoms with van der Waals surface area (Å²) in [5.41, 5.74) is 4.87. The van der Waals surface area contributed by atoms with Crippen LogP contribution in [0.3, 0.4) is 0 Å². The summed E-state index contributed by atoms with van der Waals surface area (Å²) >= 11 is 0. The molecule has 0 bridgehead atoms. The quantitative estimate of drug-likeness (QED) is 0.398. The van der Waals surface area contributed by atoms with E-state index in [1.807, 2.05) is 18.2 Å². The van der Waals surface area contributed by atoms with Crippen LogP contribution in [0.25, 0.3) is 11.1 Å². The average molecular weight is 481 g/mol. The number of hydrogen-bond acceptors (Lipinski definition) is 3. The minimum absolute atomic E-state index is 0.0137. The van der Waals surface area contributed by atoms with Gasteiger partial charge in [-0.05, 0) is 51.8 Å². The largest absolute Gasteiger partial charge is 0.390 e. The van der Waals surface area contributed by atoms with Crippen molar-refractivity contribution in [2.24, 2.45) is 0 Å². The summed E-state index contributed by atoms with van der Waals surface area (Å²) in [4.78, 5) is 11.7. The third-order valence-electron chi connectivity index (χ3n) is 5.96. The van der Waals surface area contributed by atoms with Gasteiger partial charge in [0.25, 0.3) is 0 Å². The summed E-state index contributed by atoms with van der Waals surface area (Å²) in [5, 5.41) is 16.9. The second-order valence-corrected chi connectivity index (χ2v) is 9.98. The molecule has 1 amide bonds. The molecule has 0 unspecified atom stereocenters. The van der Waals surface area contributed by atoms with Crippen molar-refractivity contribution >= 4 is 5.91 Å². The molecule has 6 heteroatoms. The van der Waals surface area contributed by atoms with Crippen LogP contribution < -0.4 is 10.6 Å². The monoisotopic (exact) mass is 480 g/mol. The zero-order chi connectivity index (χ0) is 25.6. The number of rotatable bonds is 9. The SMILES string of the molecule is CC(=O)N[C@@H](Cc1cc(F)cc(F)c1)[C@H](O)CNCc1cc(C(C)(C)C)ccc1-c1ccccc1. The smallest absolute Gasteiger partial charge is 0.217 e. The van der Waals surface area contributed by atoms with E-state index in [2.05, 4.69) is 61.7 Å². The van der Waals surface area contributed by atoms with E-state index in [0.717, 1.165) is 22.8 Å². The Morgan fingerprint density at radius 1 is 0.971 bits per heavy atom. The molecule has 3 aromatic carbocycles. The fraction of sp³-hybridized carbons (Fsp3) is 0.345. The van der Waals surface area contributed by atoms with Gasteiger partial charge in [0.1, 0.15) is 11.6 Å². The molecule has 0 aliphatic carbocycles. The number of carbonyl (C=O) groups is 1. The van der Waals surface area contributed by atoms with Crippen molar-refractivity contribution in [2.75, 3.05) is 6.54 Å².